The highest BCUT2D eigenvalue weighted by molar-refractivity contribution is 6.21. The average molecular weight is 425 g/mol. The molecule has 0 radical (unpaired) electrons. The first kappa shape index (κ1) is 18.6. The zero-order valence-corrected chi connectivity index (χ0v) is 18.5. The molecule has 0 atom stereocenters. The molecule has 1 aliphatic heterocycles. The van der Waals surface area contributed by atoms with E-state index in [2.05, 4.69) is 102 Å². The monoisotopic (exact) mass is 424 g/mol. The van der Waals surface area contributed by atoms with Crippen LogP contribution in [-0.4, -0.2) is 18.1 Å². The normalized spacial score (nSPS) is 14.1. The maximum Gasteiger partial charge on any atom is 0.137 e. The second kappa shape index (κ2) is 7.31. The van der Waals surface area contributed by atoms with Crippen LogP contribution in [0.3, 0.4) is 0 Å². The molecule has 7 rings (SSSR count). The maximum absolute atomic E-state index is 5.47. The van der Waals surface area contributed by atoms with Gasteiger partial charge in [-0.05, 0) is 40.3 Å². The Morgan fingerprint density at radius 1 is 0.545 bits per heavy atom. The second-order valence-electron chi connectivity index (χ2n) is 9.04. The van der Waals surface area contributed by atoms with Crippen LogP contribution in [0.1, 0.15) is 12.8 Å². The molecule has 5 aromatic rings. The van der Waals surface area contributed by atoms with Crippen LogP contribution in [-0.2, 0) is 0 Å². The number of nitrogens with zero attached hydrogens (tertiary/aromatic N) is 2. The van der Waals surface area contributed by atoms with E-state index < -0.39 is 0 Å². The molecule has 0 unspecified atom stereocenters. The van der Waals surface area contributed by atoms with Gasteiger partial charge in [-0.2, -0.15) is 0 Å². The van der Waals surface area contributed by atoms with Crippen LogP contribution in [0.15, 0.2) is 97.1 Å². The molecule has 1 aromatic heterocycles. The van der Waals surface area contributed by atoms with Gasteiger partial charge in [-0.3, -0.25) is 0 Å². The van der Waals surface area contributed by atoms with E-state index >= 15 is 0 Å². The van der Waals surface area contributed by atoms with E-state index in [0.29, 0.717) is 0 Å². The first-order valence-electron chi connectivity index (χ1n) is 11.9. The lowest BCUT2D eigenvalue weighted by atomic mass is 9.91. The van der Waals surface area contributed by atoms with Crippen molar-refractivity contribution in [2.75, 3.05) is 18.0 Å². The van der Waals surface area contributed by atoms with Gasteiger partial charge < -0.3 is 4.90 Å². The Morgan fingerprint density at radius 3 is 1.82 bits per heavy atom. The summed E-state index contributed by atoms with van der Waals surface area (Å²) in [6, 6.07) is 35.0. The van der Waals surface area contributed by atoms with Gasteiger partial charge in [-0.1, -0.05) is 97.1 Å². The number of fused-ring (bicyclic) bond motifs is 3. The van der Waals surface area contributed by atoms with Gasteiger partial charge in [0.15, 0.2) is 0 Å². The highest BCUT2D eigenvalue weighted by Gasteiger charge is 2.32. The molecule has 0 N–H and O–H groups in total. The van der Waals surface area contributed by atoms with Crippen LogP contribution in [0, 0.1) is 0 Å². The number of aromatic nitrogens is 1. The van der Waals surface area contributed by atoms with Crippen molar-refractivity contribution in [3.05, 3.63) is 97.1 Å². The van der Waals surface area contributed by atoms with Crippen LogP contribution in [0.5, 0.6) is 0 Å². The minimum absolute atomic E-state index is 1.07. The number of pyridine rings is 1. The van der Waals surface area contributed by atoms with Crippen LogP contribution < -0.4 is 4.90 Å². The molecule has 2 heteroatoms. The first-order valence-corrected chi connectivity index (χ1v) is 11.9. The van der Waals surface area contributed by atoms with Crippen molar-refractivity contribution in [3.8, 4) is 44.6 Å². The Bertz CT molecular complexity index is 1490. The summed E-state index contributed by atoms with van der Waals surface area (Å²) in [5.41, 5.74) is 10.0. The zero-order chi connectivity index (χ0) is 21.8. The molecule has 2 nitrogen and oxygen atoms in total. The average Bonchev–Trinajstić information content (AvgIpc) is 3.53. The Balaban J connectivity index is 1.67. The molecule has 2 heterocycles. The molecule has 4 aromatic carbocycles. The van der Waals surface area contributed by atoms with E-state index in [1.54, 1.807) is 0 Å². The molecule has 158 valence electrons. The fourth-order valence-electron chi connectivity index (χ4n) is 5.70. The van der Waals surface area contributed by atoms with E-state index in [-0.39, 0.29) is 0 Å². The summed E-state index contributed by atoms with van der Waals surface area (Å²) >= 11 is 0. The summed E-state index contributed by atoms with van der Waals surface area (Å²) in [7, 11) is 0. The van der Waals surface area contributed by atoms with Crippen LogP contribution in [0.25, 0.3) is 55.4 Å². The lowest BCUT2D eigenvalue weighted by Crippen LogP contribution is -2.20. The Morgan fingerprint density at radius 2 is 1.15 bits per heavy atom. The molecule has 0 amide bonds. The van der Waals surface area contributed by atoms with Gasteiger partial charge in [0.1, 0.15) is 5.82 Å². The van der Waals surface area contributed by atoms with Gasteiger partial charge >= 0.3 is 0 Å². The number of rotatable bonds is 3. The van der Waals surface area contributed by atoms with Crippen LogP contribution >= 0.6 is 0 Å². The summed E-state index contributed by atoms with van der Waals surface area (Å²) in [4.78, 5) is 7.97. The largest absolute Gasteiger partial charge is 0.356 e. The third kappa shape index (κ3) is 2.77. The van der Waals surface area contributed by atoms with Gasteiger partial charge in [0.2, 0.25) is 0 Å². The van der Waals surface area contributed by atoms with Crippen LogP contribution in [0.4, 0.5) is 5.82 Å². The molecule has 33 heavy (non-hydrogen) atoms. The van der Waals surface area contributed by atoms with E-state index in [1.807, 2.05) is 0 Å². The fourth-order valence-corrected chi connectivity index (χ4v) is 5.70. The van der Waals surface area contributed by atoms with Crippen molar-refractivity contribution in [3.63, 3.8) is 0 Å². The molecule has 0 saturated carbocycles. The van der Waals surface area contributed by atoms with E-state index in [9.17, 15) is 0 Å². The molecule has 1 aliphatic carbocycles. The highest BCUT2D eigenvalue weighted by Crippen LogP contribution is 2.56. The Hall–Kier alpha value is -3.91. The van der Waals surface area contributed by atoms with Gasteiger partial charge in [-0.25, -0.2) is 4.98 Å². The molecular formula is C31H24N2. The first-order chi connectivity index (χ1) is 16.4. The summed E-state index contributed by atoms with van der Waals surface area (Å²) in [6.45, 7) is 2.13. The molecule has 2 aliphatic rings. The molecular weight excluding hydrogens is 400 g/mol. The highest BCUT2D eigenvalue weighted by atomic mass is 15.2. The quantitative estimate of drug-likeness (QED) is 0.288. The molecule has 1 saturated heterocycles. The van der Waals surface area contributed by atoms with Crippen molar-refractivity contribution in [2.45, 2.75) is 12.8 Å². The Labute approximate surface area is 194 Å². The van der Waals surface area contributed by atoms with Crippen molar-refractivity contribution < 1.29 is 0 Å². The van der Waals surface area contributed by atoms with E-state index in [4.69, 9.17) is 4.98 Å². The van der Waals surface area contributed by atoms with Crippen molar-refractivity contribution in [1.82, 2.24) is 4.98 Å². The second-order valence-corrected chi connectivity index (χ2v) is 9.04. The molecule has 1 fully saturated rings. The lowest BCUT2D eigenvalue weighted by molar-refractivity contribution is 0.941. The maximum atomic E-state index is 5.47. The molecule has 0 bridgehead atoms. The standard InChI is InChI=1S/C31H24N2/c1-3-11-22(12-4-1)27-28-24-17-9-15-21-16-10-18-25(26(21)24)29(28)30(23-13-5-2-6-14-23)32-31(27)33-19-7-8-20-33/h1-6,9-18H,7-8,19-20H2. The Kier molecular flexibility index (Phi) is 4.13. The summed E-state index contributed by atoms with van der Waals surface area (Å²) in [6.07, 6.45) is 2.45. The van der Waals surface area contributed by atoms with Crippen LogP contribution in [0.2, 0.25) is 0 Å². The number of benzene rings is 4. The van der Waals surface area contributed by atoms with E-state index in [0.717, 1.165) is 24.6 Å². The minimum Gasteiger partial charge on any atom is -0.356 e. The molecule has 0 spiro atoms. The van der Waals surface area contributed by atoms with Crippen molar-refractivity contribution >= 4 is 16.6 Å². The smallest absolute Gasteiger partial charge is 0.137 e. The van der Waals surface area contributed by atoms with Gasteiger partial charge in [0, 0.05) is 35.3 Å². The zero-order valence-electron chi connectivity index (χ0n) is 18.5. The SMILES string of the molecule is c1ccc(-c2nc(N3CCCC3)c(-c3ccccc3)c3c2-c2cccc4cccc-3c24)cc1. The summed E-state index contributed by atoms with van der Waals surface area (Å²) in [5, 5.41) is 2.65. The minimum atomic E-state index is 1.07. The predicted octanol–water partition coefficient (Wildman–Crippen LogP) is 7.82. The number of hydrogen-bond donors (Lipinski definition) is 0. The fraction of sp³-hybridized carbons (Fsp3) is 0.129. The third-order valence-corrected chi connectivity index (χ3v) is 7.14. The lowest BCUT2D eigenvalue weighted by Gasteiger charge is -2.25. The van der Waals surface area contributed by atoms with Gasteiger partial charge in [-0.15, -0.1) is 0 Å². The van der Waals surface area contributed by atoms with Gasteiger partial charge in [0.05, 0.1) is 5.69 Å². The predicted molar refractivity (Wildman–Crippen MR) is 138 cm³/mol. The summed E-state index contributed by atoms with van der Waals surface area (Å²) in [5.74, 6) is 1.13. The topological polar surface area (TPSA) is 16.1 Å². The van der Waals surface area contributed by atoms with Gasteiger partial charge in [0.25, 0.3) is 0 Å². The van der Waals surface area contributed by atoms with Crippen molar-refractivity contribution in [1.29, 1.82) is 0 Å². The third-order valence-electron chi connectivity index (χ3n) is 7.14. The number of hydrogen-bond acceptors (Lipinski definition) is 2. The summed E-state index contributed by atoms with van der Waals surface area (Å²) < 4.78 is 0. The van der Waals surface area contributed by atoms with E-state index in [1.165, 1.54) is 62.6 Å². The number of anilines is 1. The van der Waals surface area contributed by atoms with Crippen molar-refractivity contribution in [2.24, 2.45) is 0 Å².